The van der Waals surface area contributed by atoms with Gasteiger partial charge in [0.25, 0.3) is 5.69 Å². The van der Waals surface area contributed by atoms with Crippen molar-refractivity contribution in [2.24, 2.45) is 0 Å². The van der Waals surface area contributed by atoms with Crippen LogP contribution in [0.15, 0.2) is 22.7 Å². The summed E-state index contributed by atoms with van der Waals surface area (Å²) < 4.78 is 4.99. The highest BCUT2D eigenvalue weighted by molar-refractivity contribution is 9.10. The van der Waals surface area contributed by atoms with E-state index in [2.05, 4.69) is 20.7 Å². The Balaban J connectivity index is 2.82. The first-order chi connectivity index (χ1) is 8.45. The van der Waals surface area contributed by atoms with E-state index in [1.165, 1.54) is 13.2 Å². The molecule has 0 unspecified atom stereocenters. The molecule has 0 aliphatic heterocycles. The highest BCUT2D eigenvalue weighted by Crippen LogP contribution is 2.28. The summed E-state index contributed by atoms with van der Waals surface area (Å²) in [4.78, 5) is 23.1. The van der Waals surface area contributed by atoms with Gasteiger partial charge < -0.3 is 4.74 Å². The fourth-order valence-corrected chi connectivity index (χ4v) is 2.00. The van der Waals surface area contributed by atoms with Gasteiger partial charge in [-0.1, -0.05) is 12.1 Å². The van der Waals surface area contributed by atoms with Crippen LogP contribution < -0.4 is 0 Å². The largest absolute Gasteiger partial charge is 0.468 e. The van der Waals surface area contributed by atoms with Crippen LogP contribution in [0.4, 0.5) is 5.69 Å². The number of nitrogens with zero attached hydrogens (tertiary/aromatic N) is 2. The lowest BCUT2D eigenvalue weighted by Gasteiger charge is -2.15. The van der Waals surface area contributed by atoms with Gasteiger partial charge in [0.1, 0.15) is 0 Å². The van der Waals surface area contributed by atoms with Crippen LogP contribution in [0, 0.1) is 10.1 Å². The molecule has 18 heavy (non-hydrogen) atoms. The van der Waals surface area contributed by atoms with Crippen LogP contribution >= 0.6 is 15.9 Å². The molecule has 0 spiro atoms. The van der Waals surface area contributed by atoms with Crippen LogP contribution in [0.2, 0.25) is 0 Å². The van der Waals surface area contributed by atoms with Crippen molar-refractivity contribution in [1.82, 2.24) is 4.90 Å². The number of carbonyl (C=O) groups is 1. The van der Waals surface area contributed by atoms with E-state index in [-0.39, 0.29) is 18.2 Å². The monoisotopic (exact) mass is 316 g/mol. The Morgan fingerprint density at radius 3 is 2.78 bits per heavy atom. The molecule has 98 valence electrons. The van der Waals surface area contributed by atoms with Gasteiger partial charge in [0.15, 0.2) is 0 Å². The highest BCUT2D eigenvalue weighted by Gasteiger charge is 2.16. The van der Waals surface area contributed by atoms with Crippen LogP contribution in [-0.4, -0.2) is 36.5 Å². The number of carbonyl (C=O) groups excluding carboxylic acids is 1. The van der Waals surface area contributed by atoms with Crippen molar-refractivity contribution in [2.75, 3.05) is 20.7 Å². The van der Waals surface area contributed by atoms with Crippen molar-refractivity contribution in [3.8, 4) is 0 Å². The SMILES string of the molecule is COC(=O)CN(C)Cc1cccc([N+](=O)[O-])c1Br. The normalized spacial score (nSPS) is 10.4. The lowest BCUT2D eigenvalue weighted by Crippen LogP contribution is -2.26. The Morgan fingerprint density at radius 2 is 2.22 bits per heavy atom. The Morgan fingerprint density at radius 1 is 1.56 bits per heavy atom. The van der Waals surface area contributed by atoms with Gasteiger partial charge in [0.2, 0.25) is 0 Å². The smallest absolute Gasteiger partial charge is 0.319 e. The van der Waals surface area contributed by atoms with Crippen molar-refractivity contribution >= 4 is 27.6 Å². The number of ether oxygens (including phenoxy) is 1. The number of benzene rings is 1. The lowest BCUT2D eigenvalue weighted by atomic mass is 10.2. The first-order valence-electron chi connectivity index (χ1n) is 5.13. The minimum atomic E-state index is -0.451. The summed E-state index contributed by atoms with van der Waals surface area (Å²) in [6, 6.07) is 4.81. The van der Waals surface area contributed by atoms with Gasteiger partial charge in [-0.05, 0) is 28.5 Å². The van der Waals surface area contributed by atoms with E-state index in [0.29, 0.717) is 11.0 Å². The topological polar surface area (TPSA) is 72.7 Å². The van der Waals surface area contributed by atoms with Crippen LogP contribution in [0.3, 0.4) is 0 Å². The minimum absolute atomic E-state index is 0.0129. The zero-order valence-corrected chi connectivity index (χ0v) is 11.6. The fourth-order valence-electron chi connectivity index (χ4n) is 1.46. The zero-order chi connectivity index (χ0) is 13.7. The van der Waals surface area contributed by atoms with Gasteiger partial charge >= 0.3 is 5.97 Å². The average molecular weight is 317 g/mol. The second-order valence-corrected chi connectivity index (χ2v) is 4.55. The first-order valence-corrected chi connectivity index (χ1v) is 5.92. The van der Waals surface area contributed by atoms with Gasteiger partial charge in [0.05, 0.1) is 23.1 Å². The lowest BCUT2D eigenvalue weighted by molar-refractivity contribution is -0.385. The average Bonchev–Trinajstić information content (AvgIpc) is 2.31. The summed E-state index contributed by atoms with van der Waals surface area (Å²) in [7, 11) is 3.06. The second-order valence-electron chi connectivity index (χ2n) is 3.76. The maximum atomic E-state index is 11.1. The quantitative estimate of drug-likeness (QED) is 0.471. The number of esters is 1. The fraction of sp³-hybridized carbons (Fsp3) is 0.364. The molecule has 0 aromatic heterocycles. The van der Waals surface area contributed by atoms with E-state index in [1.54, 1.807) is 24.1 Å². The number of hydrogen-bond donors (Lipinski definition) is 0. The van der Waals surface area contributed by atoms with Crippen LogP contribution in [0.1, 0.15) is 5.56 Å². The zero-order valence-electron chi connectivity index (χ0n) is 10.1. The molecule has 1 aromatic rings. The van der Waals surface area contributed by atoms with Crippen LogP contribution in [0.25, 0.3) is 0 Å². The van der Waals surface area contributed by atoms with Gasteiger partial charge in [-0.3, -0.25) is 19.8 Å². The van der Waals surface area contributed by atoms with E-state index in [4.69, 9.17) is 0 Å². The second kappa shape index (κ2) is 6.46. The number of likely N-dealkylation sites (N-methyl/N-ethyl adjacent to an activating group) is 1. The number of halogens is 1. The third-order valence-corrected chi connectivity index (χ3v) is 3.24. The summed E-state index contributed by atoms with van der Waals surface area (Å²) in [5, 5.41) is 10.8. The van der Waals surface area contributed by atoms with Gasteiger partial charge in [-0.25, -0.2) is 0 Å². The predicted molar refractivity (Wildman–Crippen MR) is 69.1 cm³/mol. The Labute approximate surface area is 113 Å². The van der Waals surface area contributed by atoms with Crippen molar-refractivity contribution < 1.29 is 14.5 Å². The molecule has 0 atom stereocenters. The summed E-state index contributed by atoms with van der Waals surface area (Å²) in [6.45, 7) is 0.545. The third-order valence-electron chi connectivity index (χ3n) is 2.32. The Bertz CT molecular complexity index is 464. The molecular formula is C11H13BrN2O4. The van der Waals surface area contributed by atoms with Crippen molar-refractivity contribution in [3.05, 3.63) is 38.3 Å². The summed E-state index contributed by atoms with van der Waals surface area (Å²) >= 11 is 3.21. The molecule has 1 rings (SSSR count). The minimum Gasteiger partial charge on any atom is -0.468 e. The molecule has 0 N–H and O–H groups in total. The summed E-state index contributed by atoms with van der Waals surface area (Å²) in [6.07, 6.45) is 0. The Hall–Kier alpha value is -1.47. The number of nitro benzene ring substituents is 1. The number of hydrogen-bond acceptors (Lipinski definition) is 5. The first kappa shape index (κ1) is 14.6. The summed E-state index contributed by atoms with van der Waals surface area (Å²) in [5.74, 6) is -0.348. The van der Waals surface area contributed by atoms with E-state index in [1.807, 2.05) is 0 Å². The molecule has 0 radical (unpaired) electrons. The summed E-state index contributed by atoms with van der Waals surface area (Å²) in [5.41, 5.74) is 0.759. The molecule has 0 saturated carbocycles. The van der Waals surface area contributed by atoms with Crippen molar-refractivity contribution in [3.63, 3.8) is 0 Å². The molecule has 7 heteroatoms. The van der Waals surface area contributed by atoms with E-state index >= 15 is 0 Å². The molecule has 0 amide bonds. The standard InChI is InChI=1S/C11H13BrN2O4/c1-13(7-10(15)18-2)6-8-4-3-5-9(11(8)12)14(16)17/h3-5H,6-7H2,1-2H3. The van der Waals surface area contributed by atoms with Crippen LogP contribution in [-0.2, 0) is 16.1 Å². The molecule has 0 heterocycles. The predicted octanol–water partition coefficient (Wildman–Crippen LogP) is 1.96. The maximum Gasteiger partial charge on any atom is 0.319 e. The molecular weight excluding hydrogens is 304 g/mol. The third kappa shape index (κ3) is 3.78. The molecule has 0 saturated heterocycles. The molecule has 0 fully saturated rings. The van der Waals surface area contributed by atoms with E-state index in [9.17, 15) is 14.9 Å². The van der Waals surface area contributed by atoms with Crippen molar-refractivity contribution in [1.29, 1.82) is 0 Å². The number of rotatable bonds is 5. The van der Waals surface area contributed by atoms with Crippen LogP contribution in [0.5, 0.6) is 0 Å². The Kier molecular flexibility index (Phi) is 5.24. The number of methoxy groups -OCH3 is 1. The van der Waals surface area contributed by atoms with Gasteiger partial charge in [0, 0.05) is 12.6 Å². The molecule has 0 aliphatic carbocycles. The molecule has 0 aliphatic rings. The van der Waals surface area contributed by atoms with E-state index < -0.39 is 4.92 Å². The van der Waals surface area contributed by atoms with Gasteiger partial charge in [-0.15, -0.1) is 0 Å². The molecule has 1 aromatic carbocycles. The van der Waals surface area contributed by atoms with E-state index in [0.717, 1.165) is 5.56 Å². The molecule has 6 nitrogen and oxygen atoms in total. The highest BCUT2D eigenvalue weighted by atomic mass is 79.9. The maximum absolute atomic E-state index is 11.1. The number of nitro groups is 1. The van der Waals surface area contributed by atoms with Crippen molar-refractivity contribution in [2.45, 2.75) is 6.54 Å². The van der Waals surface area contributed by atoms with Gasteiger partial charge in [-0.2, -0.15) is 0 Å². The molecule has 0 bridgehead atoms.